The molecule has 0 unspecified atom stereocenters. The number of thiophene rings is 1. The molecule has 25 heavy (non-hydrogen) atoms. The number of benzene rings is 2. The zero-order chi connectivity index (χ0) is 18.0. The summed E-state index contributed by atoms with van der Waals surface area (Å²) in [6, 6.07) is 16.3. The van der Waals surface area contributed by atoms with Crippen molar-refractivity contribution >= 4 is 44.4 Å². The second-order valence-electron chi connectivity index (χ2n) is 5.30. The van der Waals surface area contributed by atoms with Crippen LogP contribution in [0, 0.1) is 6.92 Å². The Bertz CT molecular complexity index is 1030. The summed E-state index contributed by atoms with van der Waals surface area (Å²) in [4.78, 5) is 12.9. The van der Waals surface area contributed by atoms with Gasteiger partial charge in [-0.25, -0.2) is 8.42 Å². The van der Waals surface area contributed by atoms with Crippen molar-refractivity contribution in [3.8, 4) is 0 Å². The minimum absolute atomic E-state index is 0.131. The predicted octanol–water partition coefficient (Wildman–Crippen LogP) is 4.80. The molecule has 128 valence electrons. The van der Waals surface area contributed by atoms with Crippen LogP contribution in [0.5, 0.6) is 0 Å². The first-order valence-electron chi connectivity index (χ1n) is 7.36. The minimum Gasteiger partial charge on any atom is -0.321 e. The molecule has 0 bridgehead atoms. The molecule has 0 aliphatic carbocycles. The Hall–Kier alpha value is -2.15. The van der Waals surface area contributed by atoms with E-state index in [2.05, 4.69) is 5.32 Å². The molecule has 0 aliphatic rings. The Morgan fingerprint density at radius 1 is 1.00 bits per heavy atom. The lowest BCUT2D eigenvalue weighted by molar-refractivity contribution is 0.103. The van der Waals surface area contributed by atoms with Gasteiger partial charge in [0.1, 0.15) is 4.21 Å². The lowest BCUT2D eigenvalue weighted by Gasteiger charge is -2.08. The molecule has 1 heterocycles. The third kappa shape index (κ3) is 3.61. The first-order chi connectivity index (χ1) is 11.9. The van der Waals surface area contributed by atoms with Gasteiger partial charge in [0.25, 0.3) is 5.91 Å². The van der Waals surface area contributed by atoms with Crippen LogP contribution in [0.15, 0.2) is 69.8 Å². The van der Waals surface area contributed by atoms with Crippen molar-refractivity contribution in [3.05, 3.63) is 76.1 Å². The van der Waals surface area contributed by atoms with Crippen LogP contribution in [0.4, 0.5) is 5.69 Å². The zero-order valence-electron chi connectivity index (χ0n) is 13.2. The van der Waals surface area contributed by atoms with Gasteiger partial charge in [-0.1, -0.05) is 35.9 Å². The summed E-state index contributed by atoms with van der Waals surface area (Å²) < 4.78 is 25.3. The van der Waals surface area contributed by atoms with Crippen LogP contribution in [-0.4, -0.2) is 14.3 Å². The molecule has 0 saturated heterocycles. The number of nitrogens with one attached hydrogen (secondary N) is 1. The fraction of sp³-hybridized carbons (Fsp3) is 0.0556. The summed E-state index contributed by atoms with van der Waals surface area (Å²) in [5.74, 6) is -0.370. The van der Waals surface area contributed by atoms with Crippen molar-refractivity contribution in [1.29, 1.82) is 0 Å². The van der Waals surface area contributed by atoms with Crippen LogP contribution < -0.4 is 5.32 Å². The van der Waals surface area contributed by atoms with Gasteiger partial charge >= 0.3 is 0 Å². The van der Waals surface area contributed by atoms with Gasteiger partial charge in [0.2, 0.25) is 9.84 Å². The van der Waals surface area contributed by atoms with Crippen LogP contribution >= 0.6 is 22.9 Å². The Kier molecular flexibility index (Phi) is 4.94. The summed E-state index contributed by atoms with van der Waals surface area (Å²) in [7, 11) is -3.62. The fourth-order valence-electron chi connectivity index (χ4n) is 2.23. The molecule has 0 aliphatic heterocycles. The Balaban J connectivity index is 1.86. The van der Waals surface area contributed by atoms with Crippen molar-refractivity contribution in [2.24, 2.45) is 0 Å². The SMILES string of the molecule is Cc1c(Cl)cccc1NC(=O)c1ccc(S(=O)(=O)c2ccccc2)s1. The average molecular weight is 392 g/mol. The van der Waals surface area contributed by atoms with Gasteiger partial charge in [-0.15, -0.1) is 11.3 Å². The molecule has 3 aromatic rings. The second-order valence-corrected chi connectivity index (χ2v) is 8.97. The molecule has 1 N–H and O–H groups in total. The zero-order valence-corrected chi connectivity index (χ0v) is 15.6. The molecule has 0 atom stereocenters. The molecule has 2 aromatic carbocycles. The maximum atomic E-state index is 12.6. The molecule has 1 aromatic heterocycles. The Morgan fingerprint density at radius 3 is 2.44 bits per heavy atom. The lowest BCUT2D eigenvalue weighted by atomic mass is 10.2. The van der Waals surface area contributed by atoms with E-state index < -0.39 is 9.84 Å². The predicted molar refractivity (Wildman–Crippen MR) is 100 cm³/mol. The van der Waals surface area contributed by atoms with Crippen LogP contribution in [0.25, 0.3) is 0 Å². The first kappa shape index (κ1) is 17.7. The number of carbonyl (C=O) groups is 1. The summed E-state index contributed by atoms with van der Waals surface area (Å²) in [5, 5.41) is 3.32. The van der Waals surface area contributed by atoms with Gasteiger partial charge in [-0.2, -0.15) is 0 Å². The van der Waals surface area contributed by atoms with E-state index in [9.17, 15) is 13.2 Å². The maximum Gasteiger partial charge on any atom is 0.265 e. The normalized spacial score (nSPS) is 11.3. The fourth-order valence-corrected chi connectivity index (χ4v) is 5.03. The van der Waals surface area contributed by atoms with E-state index in [-0.39, 0.29) is 15.0 Å². The number of carbonyl (C=O) groups excluding carboxylic acids is 1. The van der Waals surface area contributed by atoms with Crippen molar-refractivity contribution in [3.63, 3.8) is 0 Å². The summed E-state index contributed by atoms with van der Waals surface area (Å²) in [6.45, 7) is 1.80. The van der Waals surface area contributed by atoms with E-state index in [0.29, 0.717) is 15.6 Å². The number of anilines is 1. The van der Waals surface area contributed by atoms with E-state index in [1.807, 2.05) is 0 Å². The van der Waals surface area contributed by atoms with Crippen LogP contribution in [0.1, 0.15) is 15.2 Å². The van der Waals surface area contributed by atoms with Gasteiger partial charge in [-0.05, 0) is 48.9 Å². The van der Waals surface area contributed by atoms with Crippen molar-refractivity contribution in [2.45, 2.75) is 16.0 Å². The highest BCUT2D eigenvalue weighted by Crippen LogP contribution is 2.29. The number of amides is 1. The number of hydrogen-bond acceptors (Lipinski definition) is 4. The third-order valence-electron chi connectivity index (χ3n) is 3.64. The molecule has 7 heteroatoms. The molecule has 0 fully saturated rings. The monoisotopic (exact) mass is 391 g/mol. The minimum atomic E-state index is -3.62. The van der Waals surface area contributed by atoms with Gasteiger partial charge in [0.05, 0.1) is 9.77 Å². The molecular weight excluding hydrogens is 378 g/mol. The van der Waals surface area contributed by atoms with Crippen molar-refractivity contribution < 1.29 is 13.2 Å². The van der Waals surface area contributed by atoms with Crippen LogP contribution in [-0.2, 0) is 9.84 Å². The molecular formula is C18H14ClNO3S2. The summed E-state index contributed by atoms with van der Waals surface area (Å²) >= 11 is 6.99. The van der Waals surface area contributed by atoms with E-state index in [1.54, 1.807) is 43.3 Å². The standard InChI is InChI=1S/C18H14ClNO3S2/c1-12-14(19)8-5-9-15(12)20-18(21)16-10-11-17(24-16)25(22,23)13-6-3-2-4-7-13/h2-11H,1H3,(H,20,21). The summed E-state index contributed by atoms with van der Waals surface area (Å²) in [5.41, 5.74) is 1.35. The average Bonchev–Trinajstić information content (AvgIpc) is 3.11. The number of halogens is 1. The summed E-state index contributed by atoms with van der Waals surface area (Å²) in [6.07, 6.45) is 0. The quantitative estimate of drug-likeness (QED) is 0.695. The molecule has 0 radical (unpaired) electrons. The topological polar surface area (TPSA) is 63.2 Å². The second kappa shape index (κ2) is 7.00. The Labute approximate surface area is 155 Å². The number of hydrogen-bond donors (Lipinski definition) is 1. The largest absolute Gasteiger partial charge is 0.321 e. The molecule has 0 saturated carbocycles. The first-order valence-corrected chi connectivity index (χ1v) is 10.0. The molecule has 3 rings (SSSR count). The molecule has 1 amide bonds. The molecule has 0 spiro atoms. The van der Waals surface area contributed by atoms with Gasteiger partial charge < -0.3 is 5.32 Å². The maximum absolute atomic E-state index is 12.6. The third-order valence-corrected chi connectivity index (χ3v) is 7.39. The van der Waals surface area contributed by atoms with Crippen LogP contribution in [0.2, 0.25) is 5.02 Å². The van der Waals surface area contributed by atoms with E-state index >= 15 is 0 Å². The van der Waals surface area contributed by atoms with Crippen molar-refractivity contribution in [2.75, 3.05) is 5.32 Å². The van der Waals surface area contributed by atoms with Gasteiger partial charge in [0.15, 0.2) is 0 Å². The highest BCUT2D eigenvalue weighted by molar-refractivity contribution is 7.93. The smallest absolute Gasteiger partial charge is 0.265 e. The molecule has 4 nitrogen and oxygen atoms in total. The highest BCUT2D eigenvalue weighted by atomic mass is 35.5. The highest BCUT2D eigenvalue weighted by Gasteiger charge is 2.21. The van der Waals surface area contributed by atoms with E-state index in [4.69, 9.17) is 11.6 Å². The van der Waals surface area contributed by atoms with E-state index in [1.165, 1.54) is 24.3 Å². The Morgan fingerprint density at radius 2 is 1.72 bits per heavy atom. The number of rotatable bonds is 4. The van der Waals surface area contributed by atoms with Gasteiger partial charge in [0, 0.05) is 10.7 Å². The lowest BCUT2D eigenvalue weighted by Crippen LogP contribution is -2.11. The van der Waals surface area contributed by atoms with Gasteiger partial charge in [-0.3, -0.25) is 4.79 Å². The van der Waals surface area contributed by atoms with Crippen LogP contribution in [0.3, 0.4) is 0 Å². The van der Waals surface area contributed by atoms with E-state index in [0.717, 1.165) is 16.9 Å². The van der Waals surface area contributed by atoms with Crippen molar-refractivity contribution in [1.82, 2.24) is 0 Å². The number of sulfone groups is 1.